The first kappa shape index (κ1) is 29.4. The van der Waals surface area contributed by atoms with Gasteiger partial charge < -0.3 is 24.4 Å². The molecule has 12 heteroatoms. The summed E-state index contributed by atoms with van der Waals surface area (Å²) in [5, 5.41) is 3.06. The SMILES string of the molecule is Cc1nc2c3c(nc(Cl)c(F)c3c1C(C)NC(=O)OC(C)(C)C)O[C@@H](C)[C@@H]1[C@@H]3CC[C@H](CN21)N3C(=O)OC(C)(C)C. The zero-order valence-corrected chi connectivity index (χ0v) is 25.9. The van der Waals surface area contributed by atoms with Gasteiger partial charge in [0.15, 0.2) is 11.0 Å². The zero-order valence-electron chi connectivity index (χ0n) is 25.1. The van der Waals surface area contributed by atoms with Gasteiger partial charge in [0.05, 0.1) is 29.6 Å². The Kier molecular flexibility index (Phi) is 7.19. The van der Waals surface area contributed by atoms with Crippen LogP contribution in [0.15, 0.2) is 0 Å². The average Bonchev–Trinajstić information content (AvgIpc) is 3.06. The number of rotatable bonds is 2. The van der Waals surface area contributed by atoms with Gasteiger partial charge in [-0.25, -0.2) is 19.0 Å². The molecule has 41 heavy (non-hydrogen) atoms. The number of fused-ring (bicyclic) bond motifs is 5. The van der Waals surface area contributed by atoms with Gasteiger partial charge >= 0.3 is 12.2 Å². The number of ether oxygens (including phenoxy) is 3. The van der Waals surface area contributed by atoms with Crippen molar-refractivity contribution in [3.63, 3.8) is 0 Å². The number of halogens is 2. The summed E-state index contributed by atoms with van der Waals surface area (Å²) in [5.41, 5.74) is -0.341. The van der Waals surface area contributed by atoms with Gasteiger partial charge in [-0.05, 0) is 75.2 Å². The quantitative estimate of drug-likeness (QED) is 0.421. The van der Waals surface area contributed by atoms with E-state index < -0.39 is 35.3 Å². The third-order valence-corrected chi connectivity index (χ3v) is 8.00. The molecule has 5 heterocycles. The molecule has 2 aromatic rings. The molecule has 5 atom stereocenters. The summed E-state index contributed by atoms with van der Waals surface area (Å²) in [6.07, 6.45) is 0.163. The molecule has 0 spiro atoms. The first-order valence-electron chi connectivity index (χ1n) is 14.1. The van der Waals surface area contributed by atoms with E-state index in [2.05, 4.69) is 15.2 Å². The van der Waals surface area contributed by atoms with Crippen molar-refractivity contribution in [2.24, 2.45) is 0 Å². The maximum absolute atomic E-state index is 16.0. The molecule has 1 unspecified atom stereocenters. The third kappa shape index (κ3) is 5.33. The Morgan fingerprint density at radius 1 is 1.10 bits per heavy atom. The minimum atomic E-state index is -0.713. The number of alkyl carbamates (subject to hydrolysis) is 1. The molecular formula is C29H39ClFN5O5. The molecule has 224 valence electrons. The van der Waals surface area contributed by atoms with Gasteiger partial charge in [0.2, 0.25) is 5.88 Å². The van der Waals surface area contributed by atoms with Crippen molar-refractivity contribution in [1.29, 1.82) is 0 Å². The first-order valence-corrected chi connectivity index (χ1v) is 14.5. The number of aromatic nitrogens is 2. The smallest absolute Gasteiger partial charge is 0.410 e. The summed E-state index contributed by atoms with van der Waals surface area (Å²) < 4.78 is 33.6. The van der Waals surface area contributed by atoms with E-state index in [4.69, 9.17) is 30.8 Å². The second-order valence-electron chi connectivity index (χ2n) is 13.2. The molecule has 0 aliphatic carbocycles. The van der Waals surface area contributed by atoms with Gasteiger partial charge in [0.25, 0.3) is 0 Å². The van der Waals surface area contributed by atoms with Crippen LogP contribution in [-0.4, -0.2) is 69.0 Å². The van der Waals surface area contributed by atoms with E-state index in [1.54, 1.807) is 34.6 Å². The molecule has 3 aliphatic rings. The van der Waals surface area contributed by atoms with Gasteiger partial charge in [-0.3, -0.25) is 4.90 Å². The van der Waals surface area contributed by atoms with Crippen LogP contribution in [0, 0.1) is 12.7 Å². The minimum absolute atomic E-state index is 0.102. The molecular weight excluding hydrogens is 553 g/mol. The number of amides is 2. The molecule has 2 aromatic heterocycles. The van der Waals surface area contributed by atoms with Crippen molar-refractivity contribution < 1.29 is 28.2 Å². The van der Waals surface area contributed by atoms with Crippen molar-refractivity contribution >= 4 is 40.4 Å². The Morgan fingerprint density at radius 2 is 1.76 bits per heavy atom. The maximum Gasteiger partial charge on any atom is 0.410 e. The number of pyridine rings is 2. The summed E-state index contributed by atoms with van der Waals surface area (Å²) in [6, 6.07) is -1.24. The number of carbonyl (C=O) groups is 2. The van der Waals surface area contributed by atoms with Crippen LogP contribution in [0.3, 0.4) is 0 Å². The number of anilines is 1. The largest absolute Gasteiger partial charge is 0.472 e. The highest BCUT2D eigenvalue weighted by Gasteiger charge is 2.53. The fourth-order valence-electron chi connectivity index (χ4n) is 6.43. The standard InChI is InChI=1S/C29H39ClFN5O5/c1-13-18(14(2)33-26(37)40-28(4,5)6)19-20-24(32-13)35-12-16-10-11-17(36(16)27(38)41-29(7,8)9)22(35)15(3)39-25(20)34-23(30)21(19)31/h14-17,22H,10-12H2,1-9H3,(H,33,37)/t14?,15-,16+,17-,22+/m0/s1. The Bertz CT molecular complexity index is 1410. The number of nitrogens with zero attached hydrogens (tertiary/aromatic N) is 4. The molecule has 5 rings (SSSR count). The summed E-state index contributed by atoms with van der Waals surface area (Å²) in [4.78, 5) is 39.2. The number of hydrogen-bond donors (Lipinski definition) is 1. The van der Waals surface area contributed by atoms with Gasteiger partial charge in [0.1, 0.15) is 23.1 Å². The lowest BCUT2D eigenvalue weighted by Crippen LogP contribution is -2.65. The van der Waals surface area contributed by atoms with Crippen LogP contribution in [0.5, 0.6) is 5.88 Å². The van der Waals surface area contributed by atoms with E-state index in [1.165, 1.54) is 0 Å². The molecule has 2 fully saturated rings. The number of hydrogen-bond acceptors (Lipinski definition) is 8. The predicted molar refractivity (Wildman–Crippen MR) is 153 cm³/mol. The highest BCUT2D eigenvalue weighted by Crippen LogP contribution is 2.47. The molecule has 1 N–H and O–H groups in total. The fourth-order valence-corrected chi connectivity index (χ4v) is 6.60. The summed E-state index contributed by atoms with van der Waals surface area (Å²) >= 11 is 6.33. The topological polar surface area (TPSA) is 106 Å². The van der Waals surface area contributed by atoms with Crippen molar-refractivity contribution in [3.8, 4) is 5.88 Å². The lowest BCUT2D eigenvalue weighted by molar-refractivity contribution is 0.000923. The van der Waals surface area contributed by atoms with Crippen LogP contribution < -0.4 is 15.0 Å². The van der Waals surface area contributed by atoms with Crippen LogP contribution in [0.1, 0.15) is 85.5 Å². The zero-order chi connectivity index (χ0) is 30.2. The van der Waals surface area contributed by atoms with Crippen LogP contribution >= 0.6 is 11.6 Å². The molecule has 0 aromatic carbocycles. The lowest BCUT2D eigenvalue weighted by atomic mass is 9.96. The van der Waals surface area contributed by atoms with Crippen molar-refractivity contribution in [2.75, 3.05) is 11.4 Å². The number of aryl methyl sites for hydroxylation is 1. The Hall–Kier alpha value is -3.08. The van der Waals surface area contributed by atoms with Gasteiger partial charge in [-0.1, -0.05) is 11.6 Å². The van der Waals surface area contributed by atoms with E-state index in [9.17, 15) is 9.59 Å². The van der Waals surface area contributed by atoms with Crippen molar-refractivity contribution in [1.82, 2.24) is 20.2 Å². The highest BCUT2D eigenvalue weighted by atomic mass is 35.5. The molecule has 2 saturated heterocycles. The van der Waals surface area contributed by atoms with Crippen molar-refractivity contribution in [2.45, 2.75) is 117 Å². The van der Waals surface area contributed by atoms with Crippen molar-refractivity contribution in [3.05, 3.63) is 22.2 Å². The van der Waals surface area contributed by atoms with E-state index >= 15 is 4.39 Å². The van der Waals surface area contributed by atoms with Crippen LogP contribution in [-0.2, 0) is 9.47 Å². The Labute approximate surface area is 244 Å². The lowest BCUT2D eigenvalue weighted by Gasteiger charge is -2.48. The van der Waals surface area contributed by atoms with Crippen LogP contribution in [0.4, 0.5) is 19.8 Å². The monoisotopic (exact) mass is 591 g/mol. The number of piperazine rings is 1. The fraction of sp³-hybridized carbons (Fsp3) is 0.655. The second-order valence-corrected chi connectivity index (χ2v) is 13.6. The van der Waals surface area contributed by atoms with Gasteiger partial charge in [-0.2, -0.15) is 4.98 Å². The van der Waals surface area contributed by atoms with E-state index in [0.717, 1.165) is 12.8 Å². The predicted octanol–water partition coefficient (Wildman–Crippen LogP) is 6.05. The van der Waals surface area contributed by atoms with E-state index in [1.807, 2.05) is 32.6 Å². The maximum atomic E-state index is 16.0. The van der Waals surface area contributed by atoms with Crippen LogP contribution in [0.25, 0.3) is 10.8 Å². The third-order valence-electron chi connectivity index (χ3n) is 7.75. The first-order chi connectivity index (χ1) is 19.0. The van der Waals surface area contributed by atoms with E-state index in [-0.39, 0.29) is 40.6 Å². The average molecular weight is 592 g/mol. The van der Waals surface area contributed by atoms with E-state index in [0.29, 0.717) is 29.0 Å². The second kappa shape index (κ2) is 10.0. The molecule has 3 aliphatic heterocycles. The van der Waals surface area contributed by atoms with Crippen LogP contribution in [0.2, 0.25) is 5.15 Å². The molecule has 2 bridgehead atoms. The molecule has 0 radical (unpaired) electrons. The Balaban J connectivity index is 1.61. The molecule has 10 nitrogen and oxygen atoms in total. The van der Waals surface area contributed by atoms with Gasteiger partial charge in [0, 0.05) is 23.2 Å². The molecule has 2 amide bonds. The summed E-state index contributed by atoms with van der Waals surface area (Å²) in [7, 11) is 0. The summed E-state index contributed by atoms with van der Waals surface area (Å²) in [5.74, 6) is -0.0184. The number of nitrogens with one attached hydrogen (secondary N) is 1. The minimum Gasteiger partial charge on any atom is -0.472 e. The molecule has 0 saturated carbocycles. The van der Waals surface area contributed by atoms with Gasteiger partial charge in [-0.15, -0.1) is 0 Å². The normalized spacial score (nSPS) is 24.4. The highest BCUT2D eigenvalue weighted by molar-refractivity contribution is 6.30. The number of carbonyl (C=O) groups excluding carboxylic acids is 2. The summed E-state index contributed by atoms with van der Waals surface area (Å²) in [6.45, 7) is 16.8. The Morgan fingerprint density at radius 3 is 2.39 bits per heavy atom.